The average Bonchev–Trinajstić information content (AvgIpc) is 2.83. The Kier molecular flexibility index (Phi) is 9.21. The number of carbonyl (C=O) groups is 2. The molecule has 0 heterocycles. The SMILES string of the molecule is O=C(CCCC(O)(CC(=O)OCc1ccccc1)Cc1ccccc1)OCc1ccccc1. The van der Waals surface area contributed by atoms with Crippen LogP contribution in [0.3, 0.4) is 0 Å². The molecule has 0 aliphatic heterocycles. The van der Waals surface area contributed by atoms with Gasteiger partial charge in [0.25, 0.3) is 0 Å². The van der Waals surface area contributed by atoms with Crippen molar-refractivity contribution in [2.75, 3.05) is 0 Å². The highest BCUT2D eigenvalue weighted by atomic mass is 16.5. The Bertz CT molecular complexity index is 989. The molecule has 0 saturated heterocycles. The molecule has 1 N–H and O–H groups in total. The maximum atomic E-state index is 12.5. The van der Waals surface area contributed by atoms with E-state index in [1.54, 1.807) is 0 Å². The standard InChI is InChI=1S/C28H30O5/c29-26(32-21-24-13-6-2-7-14-24)17-10-18-28(31,19-23-11-4-1-5-12-23)20-27(30)33-22-25-15-8-3-9-16-25/h1-9,11-16,31H,10,17-22H2. The molecule has 3 rings (SSSR count). The van der Waals surface area contributed by atoms with E-state index in [1.165, 1.54) is 0 Å². The fourth-order valence-corrected chi connectivity index (χ4v) is 3.64. The van der Waals surface area contributed by atoms with Gasteiger partial charge in [0.1, 0.15) is 13.2 Å². The molecule has 0 spiro atoms. The number of benzene rings is 3. The molecule has 0 saturated carbocycles. The first-order chi connectivity index (χ1) is 16.0. The molecule has 5 heteroatoms. The van der Waals surface area contributed by atoms with E-state index in [4.69, 9.17) is 9.47 Å². The van der Waals surface area contributed by atoms with E-state index in [-0.39, 0.29) is 38.4 Å². The highest BCUT2D eigenvalue weighted by molar-refractivity contribution is 5.71. The van der Waals surface area contributed by atoms with E-state index in [1.807, 2.05) is 91.0 Å². The third-order valence-electron chi connectivity index (χ3n) is 5.36. The summed E-state index contributed by atoms with van der Waals surface area (Å²) < 4.78 is 10.7. The van der Waals surface area contributed by atoms with Crippen LogP contribution in [0.2, 0.25) is 0 Å². The molecule has 172 valence electrons. The van der Waals surface area contributed by atoms with Crippen LogP contribution >= 0.6 is 0 Å². The maximum Gasteiger partial charge on any atom is 0.309 e. The van der Waals surface area contributed by atoms with Crippen LogP contribution in [0, 0.1) is 0 Å². The van der Waals surface area contributed by atoms with Gasteiger partial charge < -0.3 is 14.6 Å². The number of hydrogen-bond donors (Lipinski definition) is 1. The van der Waals surface area contributed by atoms with E-state index < -0.39 is 11.6 Å². The van der Waals surface area contributed by atoms with Crippen molar-refractivity contribution in [2.45, 2.75) is 50.9 Å². The Labute approximate surface area is 195 Å². The normalized spacial score (nSPS) is 12.5. The van der Waals surface area contributed by atoms with E-state index in [0.717, 1.165) is 16.7 Å². The fourth-order valence-electron chi connectivity index (χ4n) is 3.64. The van der Waals surface area contributed by atoms with Crippen LogP contribution < -0.4 is 0 Å². The van der Waals surface area contributed by atoms with Gasteiger partial charge in [-0.15, -0.1) is 0 Å². The molecule has 1 atom stereocenters. The third-order valence-corrected chi connectivity index (χ3v) is 5.36. The summed E-state index contributed by atoms with van der Waals surface area (Å²) in [6, 6.07) is 28.4. The van der Waals surface area contributed by atoms with Gasteiger partial charge in [0.2, 0.25) is 0 Å². The first-order valence-corrected chi connectivity index (χ1v) is 11.2. The Morgan fingerprint density at radius 3 is 1.64 bits per heavy atom. The highest BCUT2D eigenvalue weighted by Crippen LogP contribution is 2.25. The van der Waals surface area contributed by atoms with Gasteiger partial charge in [-0.25, -0.2) is 0 Å². The van der Waals surface area contributed by atoms with Gasteiger partial charge in [-0.3, -0.25) is 9.59 Å². The zero-order valence-electron chi connectivity index (χ0n) is 18.7. The number of ether oxygens (including phenoxy) is 2. The second kappa shape index (κ2) is 12.6. The van der Waals surface area contributed by atoms with Crippen LogP contribution in [0.15, 0.2) is 91.0 Å². The van der Waals surface area contributed by atoms with Crippen molar-refractivity contribution >= 4 is 11.9 Å². The maximum absolute atomic E-state index is 12.5. The highest BCUT2D eigenvalue weighted by Gasteiger charge is 2.31. The molecular formula is C28H30O5. The molecule has 0 aliphatic rings. The van der Waals surface area contributed by atoms with Gasteiger partial charge in [-0.05, 0) is 29.5 Å². The Morgan fingerprint density at radius 1 is 0.667 bits per heavy atom. The molecule has 5 nitrogen and oxygen atoms in total. The quantitative estimate of drug-likeness (QED) is 0.396. The summed E-state index contributed by atoms with van der Waals surface area (Å²) in [5.41, 5.74) is 1.42. The summed E-state index contributed by atoms with van der Waals surface area (Å²) in [5.74, 6) is -0.795. The van der Waals surface area contributed by atoms with Gasteiger partial charge in [0, 0.05) is 12.8 Å². The summed E-state index contributed by atoms with van der Waals surface area (Å²) in [7, 11) is 0. The van der Waals surface area contributed by atoms with Crippen molar-refractivity contribution in [3.63, 3.8) is 0 Å². The minimum Gasteiger partial charge on any atom is -0.461 e. The predicted molar refractivity (Wildman–Crippen MR) is 126 cm³/mol. The number of rotatable bonds is 12. The Balaban J connectivity index is 1.52. The zero-order chi connectivity index (χ0) is 23.4. The lowest BCUT2D eigenvalue weighted by molar-refractivity contribution is -0.151. The van der Waals surface area contributed by atoms with Crippen molar-refractivity contribution in [3.8, 4) is 0 Å². The van der Waals surface area contributed by atoms with Gasteiger partial charge in [-0.1, -0.05) is 91.0 Å². The van der Waals surface area contributed by atoms with Crippen LogP contribution in [-0.2, 0) is 38.7 Å². The Hall–Kier alpha value is -3.44. The van der Waals surface area contributed by atoms with E-state index >= 15 is 0 Å². The van der Waals surface area contributed by atoms with Gasteiger partial charge in [-0.2, -0.15) is 0 Å². The summed E-state index contributed by atoms with van der Waals surface area (Å²) in [6.45, 7) is 0.382. The van der Waals surface area contributed by atoms with Crippen LogP contribution in [-0.4, -0.2) is 22.6 Å². The lowest BCUT2D eigenvalue weighted by atomic mass is 9.86. The summed E-state index contributed by atoms with van der Waals surface area (Å²) >= 11 is 0. The van der Waals surface area contributed by atoms with E-state index in [9.17, 15) is 14.7 Å². The molecule has 0 aliphatic carbocycles. The number of hydrogen-bond acceptors (Lipinski definition) is 5. The van der Waals surface area contributed by atoms with Gasteiger partial charge >= 0.3 is 11.9 Å². The van der Waals surface area contributed by atoms with E-state index in [0.29, 0.717) is 12.8 Å². The van der Waals surface area contributed by atoms with Crippen LogP contribution in [0.1, 0.15) is 42.4 Å². The lowest BCUT2D eigenvalue weighted by Crippen LogP contribution is -2.35. The molecule has 0 aromatic heterocycles. The lowest BCUT2D eigenvalue weighted by Gasteiger charge is -2.27. The van der Waals surface area contributed by atoms with Crippen molar-refractivity contribution in [3.05, 3.63) is 108 Å². The summed E-state index contributed by atoms with van der Waals surface area (Å²) in [5, 5.41) is 11.3. The van der Waals surface area contributed by atoms with Crippen LogP contribution in [0.25, 0.3) is 0 Å². The Morgan fingerprint density at radius 2 is 1.12 bits per heavy atom. The molecule has 0 radical (unpaired) electrons. The third kappa shape index (κ3) is 8.91. The van der Waals surface area contributed by atoms with Gasteiger partial charge in [0.15, 0.2) is 0 Å². The second-order valence-electron chi connectivity index (χ2n) is 8.21. The van der Waals surface area contributed by atoms with Gasteiger partial charge in [0.05, 0.1) is 12.0 Å². The van der Waals surface area contributed by atoms with Crippen molar-refractivity contribution in [1.82, 2.24) is 0 Å². The van der Waals surface area contributed by atoms with Crippen LogP contribution in [0.5, 0.6) is 0 Å². The molecule has 0 amide bonds. The van der Waals surface area contributed by atoms with Crippen LogP contribution in [0.4, 0.5) is 0 Å². The fraction of sp³-hybridized carbons (Fsp3) is 0.286. The molecule has 0 bridgehead atoms. The minimum absolute atomic E-state index is 0.145. The topological polar surface area (TPSA) is 72.8 Å². The first kappa shape index (κ1) is 24.2. The largest absolute Gasteiger partial charge is 0.461 e. The number of aliphatic hydroxyl groups is 1. The number of esters is 2. The molecule has 33 heavy (non-hydrogen) atoms. The van der Waals surface area contributed by atoms with E-state index in [2.05, 4.69) is 0 Å². The molecule has 0 fully saturated rings. The first-order valence-electron chi connectivity index (χ1n) is 11.2. The molecule has 1 unspecified atom stereocenters. The smallest absolute Gasteiger partial charge is 0.309 e. The second-order valence-corrected chi connectivity index (χ2v) is 8.21. The molecule has 3 aromatic rings. The van der Waals surface area contributed by atoms with Crippen molar-refractivity contribution in [1.29, 1.82) is 0 Å². The van der Waals surface area contributed by atoms with Crippen molar-refractivity contribution < 1.29 is 24.2 Å². The summed E-state index contributed by atoms with van der Waals surface area (Å²) in [6.07, 6.45) is 1.01. The number of carbonyl (C=O) groups excluding carboxylic acids is 2. The summed E-state index contributed by atoms with van der Waals surface area (Å²) in [4.78, 5) is 24.7. The minimum atomic E-state index is -1.31. The molecular weight excluding hydrogens is 416 g/mol. The molecule has 3 aromatic carbocycles. The zero-order valence-corrected chi connectivity index (χ0v) is 18.7. The average molecular weight is 447 g/mol. The predicted octanol–water partition coefficient (Wildman–Crippen LogP) is 5.01. The van der Waals surface area contributed by atoms with Crippen molar-refractivity contribution in [2.24, 2.45) is 0 Å². The monoisotopic (exact) mass is 446 g/mol.